The van der Waals surface area contributed by atoms with E-state index in [9.17, 15) is 10.1 Å². The minimum absolute atomic E-state index is 0.181. The van der Waals surface area contributed by atoms with E-state index in [-0.39, 0.29) is 16.0 Å². The van der Waals surface area contributed by atoms with Crippen molar-refractivity contribution >= 4 is 5.69 Å². The predicted molar refractivity (Wildman–Crippen MR) is 58.9 cm³/mol. The first kappa shape index (κ1) is 10.1. The Hall–Kier alpha value is -1.38. The highest BCUT2D eigenvalue weighted by atomic mass is 16.6. The van der Waals surface area contributed by atoms with E-state index in [0.29, 0.717) is 0 Å². The summed E-state index contributed by atoms with van der Waals surface area (Å²) in [5.41, 5.74) is 1.67. The Morgan fingerprint density at radius 2 is 1.73 bits per heavy atom. The maximum absolute atomic E-state index is 10.5. The van der Waals surface area contributed by atoms with Crippen molar-refractivity contribution in [3.63, 3.8) is 0 Å². The van der Waals surface area contributed by atoms with E-state index in [1.165, 1.54) is 31.2 Å². The molecular weight excluding hydrogens is 190 g/mol. The molecule has 3 heteroatoms. The number of nitrogens with zero attached hydrogens (tertiary/aromatic N) is 1. The summed E-state index contributed by atoms with van der Waals surface area (Å²) in [5.74, 6) is 0. The summed E-state index contributed by atoms with van der Waals surface area (Å²) in [7, 11) is 0. The van der Waals surface area contributed by atoms with Crippen LogP contribution in [0.2, 0.25) is 0 Å². The molecule has 1 aliphatic rings. The number of nitro benzene ring substituents is 1. The largest absolute Gasteiger partial charge is 0.269 e. The Bertz CT molecular complexity index is 364. The molecule has 0 atom stereocenters. The van der Waals surface area contributed by atoms with Gasteiger partial charge in [0.25, 0.3) is 5.69 Å². The van der Waals surface area contributed by atoms with Gasteiger partial charge in [0.15, 0.2) is 0 Å². The van der Waals surface area contributed by atoms with Crippen LogP contribution >= 0.6 is 0 Å². The van der Waals surface area contributed by atoms with Crippen LogP contribution in [0.3, 0.4) is 0 Å². The average molecular weight is 205 g/mol. The van der Waals surface area contributed by atoms with Gasteiger partial charge in [-0.15, -0.1) is 0 Å². The van der Waals surface area contributed by atoms with Crippen LogP contribution in [0.15, 0.2) is 24.3 Å². The standard InChI is InChI=1S/C12H15NO2/c1-12(8-2-3-9-12)10-4-6-11(7-5-10)13(14)15/h4-7H,2-3,8-9H2,1H3. The lowest BCUT2D eigenvalue weighted by atomic mass is 9.81. The first-order valence-corrected chi connectivity index (χ1v) is 5.37. The highest BCUT2D eigenvalue weighted by molar-refractivity contribution is 5.36. The quantitative estimate of drug-likeness (QED) is 0.548. The van der Waals surface area contributed by atoms with Crippen molar-refractivity contribution in [2.24, 2.45) is 0 Å². The van der Waals surface area contributed by atoms with E-state index in [1.807, 2.05) is 12.1 Å². The van der Waals surface area contributed by atoms with Crippen LogP contribution in [0.1, 0.15) is 38.2 Å². The van der Waals surface area contributed by atoms with Crippen molar-refractivity contribution in [2.45, 2.75) is 38.0 Å². The van der Waals surface area contributed by atoms with Gasteiger partial charge in [-0.3, -0.25) is 10.1 Å². The van der Waals surface area contributed by atoms with E-state index in [2.05, 4.69) is 6.92 Å². The zero-order chi connectivity index (χ0) is 10.9. The Kier molecular flexibility index (Phi) is 2.47. The van der Waals surface area contributed by atoms with E-state index < -0.39 is 0 Å². The number of hydrogen-bond donors (Lipinski definition) is 0. The minimum Gasteiger partial charge on any atom is -0.258 e. The molecule has 3 nitrogen and oxygen atoms in total. The molecule has 1 saturated carbocycles. The highest BCUT2D eigenvalue weighted by Crippen LogP contribution is 2.40. The summed E-state index contributed by atoms with van der Waals surface area (Å²) in [4.78, 5) is 10.2. The fourth-order valence-electron chi connectivity index (χ4n) is 2.43. The van der Waals surface area contributed by atoms with E-state index >= 15 is 0 Å². The summed E-state index contributed by atoms with van der Waals surface area (Å²) in [5, 5.41) is 10.5. The highest BCUT2D eigenvalue weighted by Gasteiger charge is 2.30. The Labute approximate surface area is 89.3 Å². The predicted octanol–water partition coefficient (Wildman–Crippen LogP) is 3.43. The monoisotopic (exact) mass is 205 g/mol. The van der Waals surface area contributed by atoms with Crippen molar-refractivity contribution in [2.75, 3.05) is 0 Å². The maximum Gasteiger partial charge on any atom is 0.269 e. The van der Waals surface area contributed by atoms with Gasteiger partial charge in [0.1, 0.15) is 0 Å². The molecule has 0 saturated heterocycles. The Balaban J connectivity index is 2.26. The summed E-state index contributed by atoms with van der Waals surface area (Å²) in [6, 6.07) is 7.03. The second-order valence-corrected chi connectivity index (χ2v) is 4.57. The molecule has 0 aromatic heterocycles. The van der Waals surface area contributed by atoms with E-state index in [0.717, 1.165) is 0 Å². The third-order valence-corrected chi connectivity index (χ3v) is 3.48. The van der Waals surface area contributed by atoms with Crippen LogP contribution in [-0.2, 0) is 5.41 Å². The van der Waals surface area contributed by atoms with Crippen LogP contribution in [0.25, 0.3) is 0 Å². The van der Waals surface area contributed by atoms with Gasteiger partial charge in [0, 0.05) is 12.1 Å². The number of non-ortho nitro benzene ring substituents is 1. The molecule has 0 bridgehead atoms. The van der Waals surface area contributed by atoms with Crippen LogP contribution < -0.4 is 0 Å². The van der Waals surface area contributed by atoms with Crippen LogP contribution in [0.4, 0.5) is 5.69 Å². The summed E-state index contributed by atoms with van der Waals surface area (Å²) < 4.78 is 0. The zero-order valence-electron chi connectivity index (χ0n) is 8.90. The lowest BCUT2D eigenvalue weighted by Gasteiger charge is -2.23. The van der Waals surface area contributed by atoms with Gasteiger partial charge in [-0.1, -0.05) is 31.9 Å². The molecule has 15 heavy (non-hydrogen) atoms. The van der Waals surface area contributed by atoms with E-state index in [1.54, 1.807) is 12.1 Å². The third kappa shape index (κ3) is 1.87. The summed E-state index contributed by atoms with van der Waals surface area (Å²) in [6.45, 7) is 2.25. The van der Waals surface area contributed by atoms with Gasteiger partial charge in [-0.25, -0.2) is 0 Å². The van der Waals surface area contributed by atoms with Crippen molar-refractivity contribution in [3.05, 3.63) is 39.9 Å². The summed E-state index contributed by atoms with van der Waals surface area (Å²) >= 11 is 0. The van der Waals surface area contributed by atoms with Gasteiger partial charge < -0.3 is 0 Å². The first-order valence-electron chi connectivity index (χ1n) is 5.37. The molecule has 0 unspecified atom stereocenters. The molecule has 1 aromatic rings. The Morgan fingerprint density at radius 1 is 1.20 bits per heavy atom. The zero-order valence-corrected chi connectivity index (χ0v) is 8.90. The molecule has 2 rings (SSSR count). The molecule has 1 aliphatic carbocycles. The molecular formula is C12H15NO2. The second kappa shape index (κ2) is 3.65. The molecule has 0 N–H and O–H groups in total. The fourth-order valence-corrected chi connectivity index (χ4v) is 2.43. The summed E-state index contributed by atoms with van der Waals surface area (Å²) in [6.07, 6.45) is 4.94. The molecule has 0 spiro atoms. The fraction of sp³-hybridized carbons (Fsp3) is 0.500. The number of hydrogen-bond acceptors (Lipinski definition) is 2. The normalized spacial score (nSPS) is 19.0. The van der Waals surface area contributed by atoms with Crippen LogP contribution in [0, 0.1) is 10.1 Å². The molecule has 0 aliphatic heterocycles. The lowest BCUT2D eigenvalue weighted by Crippen LogP contribution is -2.16. The lowest BCUT2D eigenvalue weighted by molar-refractivity contribution is -0.384. The maximum atomic E-state index is 10.5. The number of benzene rings is 1. The molecule has 0 heterocycles. The van der Waals surface area contributed by atoms with E-state index in [4.69, 9.17) is 0 Å². The second-order valence-electron chi connectivity index (χ2n) is 4.57. The van der Waals surface area contributed by atoms with Crippen molar-refractivity contribution in [1.82, 2.24) is 0 Å². The first-order chi connectivity index (χ1) is 7.12. The van der Waals surface area contributed by atoms with Gasteiger partial charge in [-0.2, -0.15) is 0 Å². The van der Waals surface area contributed by atoms with Crippen LogP contribution in [0.5, 0.6) is 0 Å². The van der Waals surface area contributed by atoms with Crippen LogP contribution in [-0.4, -0.2) is 4.92 Å². The molecule has 80 valence electrons. The van der Waals surface area contributed by atoms with Gasteiger partial charge in [-0.05, 0) is 23.8 Å². The smallest absolute Gasteiger partial charge is 0.258 e. The van der Waals surface area contributed by atoms with Gasteiger partial charge >= 0.3 is 0 Å². The number of nitro groups is 1. The number of rotatable bonds is 2. The molecule has 1 aromatic carbocycles. The molecule has 1 fully saturated rings. The SMILES string of the molecule is CC1(c2ccc([N+](=O)[O-])cc2)CCCC1. The van der Waals surface area contributed by atoms with Gasteiger partial charge in [0.2, 0.25) is 0 Å². The third-order valence-electron chi connectivity index (χ3n) is 3.48. The Morgan fingerprint density at radius 3 is 2.20 bits per heavy atom. The molecule has 0 amide bonds. The van der Waals surface area contributed by atoms with Crippen molar-refractivity contribution in [1.29, 1.82) is 0 Å². The van der Waals surface area contributed by atoms with Crippen molar-refractivity contribution in [3.8, 4) is 0 Å². The van der Waals surface area contributed by atoms with Gasteiger partial charge in [0.05, 0.1) is 4.92 Å². The van der Waals surface area contributed by atoms with Crippen molar-refractivity contribution < 1.29 is 4.92 Å². The topological polar surface area (TPSA) is 43.1 Å². The minimum atomic E-state index is -0.346. The molecule has 0 radical (unpaired) electrons. The average Bonchev–Trinajstić information content (AvgIpc) is 2.67.